The lowest BCUT2D eigenvalue weighted by Crippen LogP contribution is -2.35. The van der Waals surface area contributed by atoms with Gasteiger partial charge in [-0.25, -0.2) is 38.4 Å². The maximum atomic E-state index is 14.1. The van der Waals surface area contributed by atoms with E-state index >= 15 is 0 Å². The molecule has 4 saturated carbocycles. The molecule has 8 bridgehead atoms. The van der Waals surface area contributed by atoms with E-state index in [0.29, 0.717) is 73.6 Å². The van der Waals surface area contributed by atoms with Crippen molar-refractivity contribution >= 4 is 47.8 Å². The van der Waals surface area contributed by atoms with E-state index in [2.05, 4.69) is 0 Å². The molecule has 8 aromatic carbocycles. The molecule has 0 heterocycles. The first-order chi connectivity index (χ1) is 57.6. The Morgan fingerprint density at radius 1 is 0.267 bits per heavy atom. The fourth-order valence-corrected chi connectivity index (χ4v) is 18.0. The van der Waals surface area contributed by atoms with E-state index in [1.807, 2.05) is 27.7 Å². The van der Waals surface area contributed by atoms with Crippen molar-refractivity contribution in [3.05, 3.63) is 235 Å². The third-order valence-corrected chi connectivity index (χ3v) is 24.3. The van der Waals surface area contributed by atoms with Crippen molar-refractivity contribution in [2.75, 3.05) is 54.9 Å². The van der Waals surface area contributed by atoms with E-state index in [9.17, 15) is 58.8 Å². The monoisotopic (exact) mass is 1640 g/mol. The number of phenols is 4. The van der Waals surface area contributed by atoms with Crippen LogP contribution in [0.5, 0.6) is 46.0 Å². The number of carbonyl (C=O) groups excluding carboxylic acids is 8. The number of benzene rings is 8. The number of hydrogen-bond donors (Lipinski definition) is 4. The molecule has 0 saturated heterocycles. The molecule has 4 fully saturated rings. The Labute approximate surface area is 697 Å². The second kappa shape index (κ2) is 37.1. The van der Waals surface area contributed by atoms with Gasteiger partial charge in [-0.15, -0.1) is 0 Å². The molecule has 4 unspecified atom stereocenters. The molecular formula is C96H104O24. The zero-order valence-corrected chi connectivity index (χ0v) is 69.1. The van der Waals surface area contributed by atoms with Crippen LogP contribution in [-0.4, -0.2) is 145 Å². The first kappa shape index (κ1) is 85.8. The zero-order chi connectivity index (χ0) is 85.2. The predicted octanol–water partition coefficient (Wildman–Crippen LogP) is 17.3. The van der Waals surface area contributed by atoms with Crippen LogP contribution in [0, 0.1) is 0 Å². The Bertz CT molecular complexity index is 4460. The molecular weight excluding hydrogens is 1540 g/mol. The summed E-state index contributed by atoms with van der Waals surface area (Å²) >= 11 is 0. The Hall–Kier alpha value is -12.1. The first-order valence-corrected chi connectivity index (χ1v) is 41.2. The number of hydrogen-bond acceptors (Lipinski definition) is 24. The topological polar surface area (TPSA) is 328 Å². The van der Waals surface area contributed by atoms with Gasteiger partial charge in [0.25, 0.3) is 0 Å². The summed E-state index contributed by atoms with van der Waals surface area (Å²) in [5, 5.41) is 52.2. The van der Waals surface area contributed by atoms with Crippen molar-refractivity contribution in [1.82, 2.24) is 0 Å². The second-order valence-corrected chi connectivity index (χ2v) is 33.1. The Kier molecular flexibility index (Phi) is 26.5. The van der Waals surface area contributed by atoms with Crippen molar-refractivity contribution in [2.45, 2.75) is 202 Å². The summed E-state index contributed by atoms with van der Waals surface area (Å²) in [7, 11) is 5.58. The summed E-state index contributed by atoms with van der Waals surface area (Å²) < 4.78 is 70.9. The Balaban J connectivity index is 1.00. The number of phenolic OH excluding ortho intramolecular Hbond substituents is 4. The SMILES string of the molecule is COc1cc(O)c2cc1C(c1ccc(C(=O)OCC(=O)OC3(C)CCCCC3)cc1)c1cc(c(OC)cc1O)C(c1ccc(C(=O)OCC(=O)OC3(C)CCCCC3)cc1)c1cc(c(OC)cc1O)C(c1ccc(C(=O)OCC(=O)OC3(C)CCCCC3)cc1)c1cc(c(OC)cc1O)C2c1ccc(C(=O)OCC(=O)OC2(C)CCCCC2)cc1. The van der Waals surface area contributed by atoms with E-state index in [1.165, 1.54) is 101 Å². The zero-order valence-electron chi connectivity index (χ0n) is 69.1. The highest BCUT2D eigenvalue weighted by atomic mass is 16.6. The van der Waals surface area contributed by atoms with Crippen LogP contribution in [0.4, 0.5) is 0 Å². The first-order valence-electron chi connectivity index (χ1n) is 41.2. The number of fused-ring (bicyclic) bond motifs is 8. The van der Waals surface area contributed by atoms with Crippen LogP contribution in [0.1, 0.15) is 288 Å². The van der Waals surface area contributed by atoms with Crippen LogP contribution in [0.25, 0.3) is 0 Å². The minimum absolute atomic E-state index is 0.0413. The molecule has 0 aromatic heterocycles. The summed E-state index contributed by atoms with van der Waals surface area (Å²) in [6.45, 7) is 4.85. The molecule has 0 amide bonds. The molecule has 120 heavy (non-hydrogen) atoms. The lowest BCUT2D eigenvalue weighted by atomic mass is 9.75. The maximum absolute atomic E-state index is 14.1. The van der Waals surface area contributed by atoms with Crippen molar-refractivity contribution in [2.24, 2.45) is 0 Å². The quantitative estimate of drug-likeness (QED) is 0.0322. The molecule has 24 nitrogen and oxygen atoms in total. The highest BCUT2D eigenvalue weighted by Gasteiger charge is 2.40. The summed E-state index contributed by atoms with van der Waals surface area (Å²) in [6, 6.07) is 37.4. The number of carbonyl (C=O) groups is 8. The molecule has 5 aliphatic rings. The minimum Gasteiger partial charge on any atom is -0.507 e. The number of ether oxygens (including phenoxy) is 12. The van der Waals surface area contributed by atoms with Gasteiger partial charge in [0, 0.05) is 92.4 Å². The van der Waals surface area contributed by atoms with Crippen LogP contribution >= 0.6 is 0 Å². The fraction of sp³-hybridized carbons (Fsp3) is 0.417. The molecule has 8 aromatic rings. The molecule has 4 atom stereocenters. The van der Waals surface area contributed by atoms with Gasteiger partial charge in [0.2, 0.25) is 0 Å². The van der Waals surface area contributed by atoms with E-state index in [-0.39, 0.29) is 113 Å². The van der Waals surface area contributed by atoms with E-state index < -0.39 is 120 Å². The standard InChI is InChI=1S/C96H104O24/c1-93(37-13-9-14-38-93)117-81(101)53-113-89(105)61-29-21-57(22-30-61)85-65-45-70(78(110-6)49-73(65)97)87(59-25-33-63(34-26-59)91(107)115-55-83(103)119-95(3)41-17-11-18-42-95)67-47-72(80(112-8)51-75(67)99)88(60-27-35-64(36-28-60)92(108)116-56-84(104)120-96(4)43-19-12-20-44-96)68-48-71(79(111-7)52-76(68)100)86(66-46-69(85)77(109-5)50-74(66)98)58-23-31-62(32-24-58)90(106)114-54-82(102)118-94(2)39-15-10-16-40-94/h21-36,45-52,85-88,97-100H,9-20,37-44,53-56H2,1-8H3. The van der Waals surface area contributed by atoms with Gasteiger partial charge < -0.3 is 77.3 Å². The van der Waals surface area contributed by atoms with Gasteiger partial charge in [0.15, 0.2) is 26.4 Å². The van der Waals surface area contributed by atoms with Crippen molar-refractivity contribution in [3.63, 3.8) is 0 Å². The average Bonchev–Trinajstić information content (AvgIpc) is 0.736. The predicted molar refractivity (Wildman–Crippen MR) is 440 cm³/mol. The molecule has 0 spiro atoms. The van der Waals surface area contributed by atoms with E-state index in [1.54, 1.807) is 72.8 Å². The third-order valence-electron chi connectivity index (χ3n) is 24.3. The Morgan fingerprint density at radius 3 is 0.608 bits per heavy atom. The highest BCUT2D eigenvalue weighted by molar-refractivity contribution is 5.93. The molecule has 5 aliphatic carbocycles. The van der Waals surface area contributed by atoms with Crippen LogP contribution in [0.2, 0.25) is 0 Å². The number of esters is 8. The lowest BCUT2D eigenvalue weighted by Gasteiger charge is -2.33. The van der Waals surface area contributed by atoms with Gasteiger partial charge in [-0.3, -0.25) is 0 Å². The van der Waals surface area contributed by atoms with Crippen LogP contribution < -0.4 is 18.9 Å². The van der Waals surface area contributed by atoms with Crippen molar-refractivity contribution < 1.29 is 116 Å². The molecule has 13 rings (SSSR count). The third kappa shape index (κ3) is 19.6. The molecule has 24 heteroatoms. The van der Waals surface area contributed by atoms with Crippen molar-refractivity contribution in [1.29, 1.82) is 0 Å². The fourth-order valence-electron chi connectivity index (χ4n) is 18.0. The largest absolute Gasteiger partial charge is 0.507 e. The smallest absolute Gasteiger partial charge is 0.344 e. The van der Waals surface area contributed by atoms with E-state index in [0.717, 1.165) is 77.0 Å². The summed E-state index contributed by atoms with van der Waals surface area (Å²) in [4.78, 5) is 109. The molecule has 632 valence electrons. The second-order valence-electron chi connectivity index (χ2n) is 33.1. The van der Waals surface area contributed by atoms with Gasteiger partial charge in [-0.05, 0) is 225 Å². The van der Waals surface area contributed by atoms with Gasteiger partial charge in [0.1, 0.15) is 68.4 Å². The van der Waals surface area contributed by atoms with Crippen molar-refractivity contribution in [3.8, 4) is 46.0 Å². The average molecular weight is 1640 g/mol. The van der Waals surface area contributed by atoms with Gasteiger partial charge in [-0.2, -0.15) is 0 Å². The maximum Gasteiger partial charge on any atom is 0.344 e. The lowest BCUT2D eigenvalue weighted by molar-refractivity contribution is -0.165. The van der Waals surface area contributed by atoms with Crippen LogP contribution in [0.3, 0.4) is 0 Å². The van der Waals surface area contributed by atoms with Crippen LogP contribution in [-0.2, 0) is 57.1 Å². The number of rotatable bonds is 24. The van der Waals surface area contributed by atoms with Gasteiger partial charge >= 0.3 is 47.8 Å². The molecule has 0 aliphatic heterocycles. The minimum atomic E-state index is -1.19. The number of aromatic hydroxyl groups is 4. The Morgan fingerprint density at radius 2 is 0.442 bits per heavy atom. The van der Waals surface area contributed by atoms with Crippen LogP contribution in [0.15, 0.2) is 146 Å². The normalized spacial score (nSPS) is 18.8. The molecule has 0 radical (unpaired) electrons. The highest BCUT2D eigenvalue weighted by Crippen LogP contribution is 2.55. The summed E-state index contributed by atoms with van der Waals surface area (Å²) in [5.41, 5.74) is 0.749. The summed E-state index contributed by atoms with van der Waals surface area (Å²) in [5.74, 6) is -12.0. The molecule has 4 N–H and O–H groups in total. The van der Waals surface area contributed by atoms with Gasteiger partial charge in [0.05, 0.1) is 50.7 Å². The van der Waals surface area contributed by atoms with E-state index in [4.69, 9.17) is 56.8 Å². The van der Waals surface area contributed by atoms with Gasteiger partial charge in [-0.1, -0.05) is 74.2 Å². The number of methoxy groups -OCH3 is 4. The summed E-state index contributed by atoms with van der Waals surface area (Å²) in [6.07, 6.45) is 16.6.